The van der Waals surface area contributed by atoms with E-state index in [9.17, 15) is 4.79 Å². The maximum Gasteiger partial charge on any atom is 0.227 e. The van der Waals surface area contributed by atoms with E-state index in [1.165, 1.54) is 0 Å². The summed E-state index contributed by atoms with van der Waals surface area (Å²) in [6.45, 7) is 7.77. The van der Waals surface area contributed by atoms with Crippen molar-refractivity contribution in [3.05, 3.63) is 29.8 Å². The van der Waals surface area contributed by atoms with E-state index in [-0.39, 0.29) is 23.3 Å². The first kappa shape index (κ1) is 22.2. The van der Waals surface area contributed by atoms with E-state index in [0.717, 1.165) is 42.9 Å². The molecule has 0 saturated heterocycles. The van der Waals surface area contributed by atoms with Crippen molar-refractivity contribution >= 4 is 17.6 Å². The van der Waals surface area contributed by atoms with Crippen LogP contribution in [0.25, 0.3) is 0 Å². The zero-order valence-corrected chi connectivity index (χ0v) is 18.0. The second kappa shape index (κ2) is 10.5. The van der Waals surface area contributed by atoms with Gasteiger partial charge in [0.2, 0.25) is 5.91 Å². The van der Waals surface area contributed by atoms with Gasteiger partial charge in [-0.25, -0.2) is 0 Å². The molecule has 1 saturated carbocycles. The molecule has 2 rings (SSSR count). The summed E-state index contributed by atoms with van der Waals surface area (Å²) >= 11 is 0. The summed E-state index contributed by atoms with van der Waals surface area (Å²) in [7, 11) is 3.49. The summed E-state index contributed by atoms with van der Waals surface area (Å²) in [4.78, 5) is 16.6. The number of benzene rings is 1. The number of ether oxygens (including phenoxy) is 1. The Bertz CT molecular complexity index is 661. The van der Waals surface area contributed by atoms with Gasteiger partial charge in [0.1, 0.15) is 0 Å². The highest BCUT2D eigenvalue weighted by Crippen LogP contribution is 2.26. The number of amides is 1. The van der Waals surface area contributed by atoms with Crippen LogP contribution < -0.4 is 16.0 Å². The summed E-state index contributed by atoms with van der Waals surface area (Å²) in [5.41, 5.74) is 1.99. The molecule has 1 unspecified atom stereocenters. The Hall–Kier alpha value is -2.08. The smallest absolute Gasteiger partial charge is 0.227 e. The number of anilines is 1. The summed E-state index contributed by atoms with van der Waals surface area (Å²) in [5.74, 6) is 1.04. The molecule has 1 aromatic rings. The monoisotopic (exact) mass is 388 g/mol. The number of carbonyl (C=O) groups is 1. The topological polar surface area (TPSA) is 74.8 Å². The molecular weight excluding hydrogens is 352 g/mol. The van der Waals surface area contributed by atoms with Crippen molar-refractivity contribution in [2.75, 3.05) is 26.0 Å². The molecule has 1 fully saturated rings. The molecule has 156 valence electrons. The summed E-state index contributed by atoms with van der Waals surface area (Å²) < 4.78 is 5.58. The predicted molar refractivity (Wildman–Crippen MR) is 115 cm³/mol. The van der Waals surface area contributed by atoms with Crippen molar-refractivity contribution in [1.29, 1.82) is 0 Å². The minimum atomic E-state index is 0.0481. The van der Waals surface area contributed by atoms with Gasteiger partial charge in [0.05, 0.1) is 6.10 Å². The van der Waals surface area contributed by atoms with Crippen LogP contribution in [0.4, 0.5) is 5.69 Å². The van der Waals surface area contributed by atoms with Crippen LogP contribution in [0.5, 0.6) is 0 Å². The fourth-order valence-corrected chi connectivity index (χ4v) is 3.53. The molecule has 0 spiro atoms. The number of hydrogen-bond acceptors (Lipinski definition) is 3. The van der Waals surface area contributed by atoms with Gasteiger partial charge >= 0.3 is 0 Å². The van der Waals surface area contributed by atoms with Crippen molar-refractivity contribution in [1.82, 2.24) is 10.6 Å². The van der Waals surface area contributed by atoms with Gasteiger partial charge in [0, 0.05) is 38.9 Å². The Morgan fingerprint density at radius 2 is 1.96 bits per heavy atom. The molecule has 6 heteroatoms. The minimum Gasteiger partial charge on any atom is -0.379 e. The van der Waals surface area contributed by atoms with E-state index < -0.39 is 0 Å². The number of rotatable bonds is 7. The van der Waals surface area contributed by atoms with Crippen LogP contribution in [0.2, 0.25) is 0 Å². The standard InChI is InChI=1S/C22H36N4O2/c1-22(2,3)19(28-5)15-25-21(23-4)24-14-16-9-8-12-18(13-16)26-20(27)17-10-6-7-11-17/h8-9,12-13,17,19H,6-7,10-11,14-15H2,1-5H3,(H,26,27)(H2,23,24,25). The number of nitrogens with zero attached hydrogens (tertiary/aromatic N) is 1. The Labute approximate surface area is 169 Å². The van der Waals surface area contributed by atoms with Crippen LogP contribution in [0.3, 0.4) is 0 Å². The van der Waals surface area contributed by atoms with Gasteiger partial charge in [0.15, 0.2) is 5.96 Å². The molecule has 0 bridgehead atoms. The molecule has 1 aromatic carbocycles. The third kappa shape index (κ3) is 6.82. The first-order valence-electron chi connectivity index (χ1n) is 10.2. The third-order valence-corrected chi connectivity index (χ3v) is 5.31. The maximum atomic E-state index is 12.3. The quantitative estimate of drug-likeness (QED) is 0.493. The van der Waals surface area contributed by atoms with Gasteiger partial charge in [0.25, 0.3) is 0 Å². The number of aliphatic imine (C=N–C) groups is 1. The van der Waals surface area contributed by atoms with Crippen molar-refractivity contribution in [2.45, 2.75) is 59.1 Å². The SMILES string of the molecule is CN=C(NCc1cccc(NC(=O)C2CCCC2)c1)NCC(OC)C(C)(C)C. The second-order valence-corrected chi connectivity index (χ2v) is 8.57. The van der Waals surface area contributed by atoms with E-state index in [4.69, 9.17) is 4.74 Å². The Morgan fingerprint density at radius 3 is 2.57 bits per heavy atom. The minimum absolute atomic E-state index is 0.0481. The average Bonchev–Trinajstić information content (AvgIpc) is 3.19. The van der Waals surface area contributed by atoms with Crippen LogP contribution >= 0.6 is 0 Å². The van der Waals surface area contributed by atoms with E-state index in [1.807, 2.05) is 24.3 Å². The zero-order chi connectivity index (χ0) is 20.6. The first-order valence-corrected chi connectivity index (χ1v) is 10.2. The largest absolute Gasteiger partial charge is 0.379 e. The number of nitrogens with one attached hydrogen (secondary N) is 3. The number of carbonyl (C=O) groups excluding carboxylic acids is 1. The lowest BCUT2D eigenvalue weighted by atomic mass is 9.89. The summed E-state index contributed by atoms with van der Waals surface area (Å²) in [5, 5.41) is 9.71. The van der Waals surface area contributed by atoms with Crippen LogP contribution in [0.15, 0.2) is 29.3 Å². The van der Waals surface area contributed by atoms with Crippen molar-refractivity contribution in [3.63, 3.8) is 0 Å². The van der Waals surface area contributed by atoms with E-state index >= 15 is 0 Å². The Morgan fingerprint density at radius 1 is 1.25 bits per heavy atom. The van der Waals surface area contributed by atoms with Crippen LogP contribution in [-0.2, 0) is 16.1 Å². The highest BCUT2D eigenvalue weighted by atomic mass is 16.5. The molecule has 1 amide bonds. The molecule has 0 radical (unpaired) electrons. The molecule has 1 atom stereocenters. The summed E-state index contributed by atoms with van der Waals surface area (Å²) in [6, 6.07) is 7.97. The van der Waals surface area contributed by atoms with E-state index in [1.54, 1.807) is 14.2 Å². The average molecular weight is 389 g/mol. The fraction of sp³-hybridized carbons (Fsp3) is 0.636. The molecule has 1 aliphatic carbocycles. The van der Waals surface area contributed by atoms with Gasteiger partial charge in [-0.3, -0.25) is 9.79 Å². The fourth-order valence-electron chi connectivity index (χ4n) is 3.53. The lowest BCUT2D eigenvalue weighted by molar-refractivity contribution is -0.119. The van der Waals surface area contributed by atoms with E-state index in [0.29, 0.717) is 13.1 Å². The maximum absolute atomic E-state index is 12.3. The van der Waals surface area contributed by atoms with Crippen molar-refractivity contribution in [2.24, 2.45) is 16.3 Å². The van der Waals surface area contributed by atoms with Crippen LogP contribution in [-0.4, -0.2) is 38.7 Å². The van der Waals surface area contributed by atoms with Gasteiger partial charge < -0.3 is 20.7 Å². The molecule has 1 aliphatic rings. The number of guanidine groups is 1. The molecule has 6 nitrogen and oxygen atoms in total. The first-order chi connectivity index (χ1) is 13.3. The number of methoxy groups -OCH3 is 1. The third-order valence-electron chi connectivity index (χ3n) is 5.31. The lowest BCUT2D eigenvalue weighted by Crippen LogP contribution is -2.45. The van der Waals surface area contributed by atoms with Crippen molar-refractivity contribution in [3.8, 4) is 0 Å². The predicted octanol–water partition coefficient (Wildman–Crippen LogP) is 3.54. The molecular formula is C22H36N4O2. The molecule has 28 heavy (non-hydrogen) atoms. The molecule has 0 aliphatic heterocycles. The van der Waals surface area contributed by atoms with E-state index in [2.05, 4.69) is 41.7 Å². The van der Waals surface area contributed by atoms with Gasteiger partial charge in [-0.15, -0.1) is 0 Å². The Kier molecular flexibility index (Phi) is 8.30. The molecule has 0 aromatic heterocycles. The van der Waals surface area contributed by atoms with Crippen molar-refractivity contribution < 1.29 is 9.53 Å². The van der Waals surface area contributed by atoms with Gasteiger partial charge in [-0.1, -0.05) is 45.7 Å². The van der Waals surface area contributed by atoms with Gasteiger partial charge in [-0.05, 0) is 36.0 Å². The zero-order valence-electron chi connectivity index (χ0n) is 18.0. The van der Waals surface area contributed by atoms with Crippen LogP contribution in [0, 0.1) is 11.3 Å². The Balaban J connectivity index is 1.86. The van der Waals surface area contributed by atoms with Crippen LogP contribution in [0.1, 0.15) is 52.0 Å². The summed E-state index contributed by atoms with van der Waals surface area (Å²) in [6.07, 6.45) is 4.42. The normalized spacial score (nSPS) is 16.7. The second-order valence-electron chi connectivity index (χ2n) is 8.57. The highest BCUT2D eigenvalue weighted by molar-refractivity contribution is 5.92. The van der Waals surface area contributed by atoms with Gasteiger partial charge in [-0.2, -0.15) is 0 Å². The molecule has 3 N–H and O–H groups in total. The molecule has 0 heterocycles. The highest BCUT2D eigenvalue weighted by Gasteiger charge is 2.24. The number of hydrogen-bond donors (Lipinski definition) is 3. The lowest BCUT2D eigenvalue weighted by Gasteiger charge is -2.30.